The topological polar surface area (TPSA) is 105 Å². The average Bonchev–Trinajstić information content (AvgIpc) is 3.70. The molecule has 0 saturated heterocycles. The lowest BCUT2D eigenvalue weighted by Crippen LogP contribution is -2.42. The van der Waals surface area contributed by atoms with Gasteiger partial charge >= 0.3 is 5.97 Å². The van der Waals surface area contributed by atoms with E-state index in [1.165, 1.54) is 0 Å². The molecule has 3 aromatic carbocycles. The van der Waals surface area contributed by atoms with E-state index in [9.17, 15) is 14.7 Å². The standard InChI is InChI=1S/C38H37Cl2N5O4/c1-19-15-24(16-20(2)34(19)40)49-14-8-9-25-26-12-13-28(39)33(32-22(4)41-42-23(32)5)35(26)45-21(3)18-44(37(46)36(25)45)30-11-7-10-29-27(30)17-31(38(47)48)43(29)6/h7,10-13,15-17,21H,8-9,14,18H2,1-6H3,(H,41,42)(H,47,48)/t21-/m1/s1. The summed E-state index contributed by atoms with van der Waals surface area (Å²) in [6.07, 6.45) is 1.24. The number of rotatable bonds is 8. The van der Waals surface area contributed by atoms with E-state index in [4.69, 9.17) is 27.9 Å². The molecule has 0 unspecified atom stereocenters. The Morgan fingerprint density at radius 2 is 1.78 bits per heavy atom. The molecule has 11 heteroatoms. The van der Waals surface area contributed by atoms with Crippen LogP contribution in [-0.4, -0.2) is 49.5 Å². The molecule has 7 rings (SSSR count). The van der Waals surface area contributed by atoms with Gasteiger partial charge in [-0.15, -0.1) is 0 Å². The van der Waals surface area contributed by atoms with Crippen molar-refractivity contribution in [2.75, 3.05) is 18.1 Å². The zero-order chi connectivity index (χ0) is 34.9. The zero-order valence-electron chi connectivity index (χ0n) is 28.2. The van der Waals surface area contributed by atoms with Gasteiger partial charge in [0.15, 0.2) is 0 Å². The van der Waals surface area contributed by atoms with Crippen LogP contribution in [0.1, 0.15) is 68.4 Å². The van der Waals surface area contributed by atoms with Gasteiger partial charge in [-0.2, -0.15) is 5.10 Å². The number of carbonyl (C=O) groups is 2. The second-order valence-corrected chi connectivity index (χ2v) is 13.8. The van der Waals surface area contributed by atoms with Gasteiger partial charge in [0.05, 0.1) is 34.0 Å². The van der Waals surface area contributed by atoms with Gasteiger partial charge in [-0.25, -0.2) is 4.79 Å². The van der Waals surface area contributed by atoms with Crippen molar-refractivity contribution in [3.8, 4) is 16.9 Å². The largest absolute Gasteiger partial charge is 0.494 e. The number of hydrogen-bond acceptors (Lipinski definition) is 4. The first-order valence-electron chi connectivity index (χ1n) is 16.3. The van der Waals surface area contributed by atoms with E-state index in [2.05, 4.69) is 21.7 Å². The van der Waals surface area contributed by atoms with Crippen LogP contribution in [0, 0.1) is 27.7 Å². The number of halogens is 2. The summed E-state index contributed by atoms with van der Waals surface area (Å²) in [4.78, 5) is 28.7. The highest BCUT2D eigenvalue weighted by atomic mass is 35.5. The Morgan fingerprint density at radius 1 is 1.04 bits per heavy atom. The van der Waals surface area contributed by atoms with E-state index in [0.29, 0.717) is 47.8 Å². The monoisotopic (exact) mass is 697 g/mol. The van der Waals surface area contributed by atoms with Gasteiger partial charge in [-0.05, 0) is 101 Å². The number of aromatic nitrogens is 4. The summed E-state index contributed by atoms with van der Waals surface area (Å²) >= 11 is 13.4. The fourth-order valence-corrected chi connectivity index (χ4v) is 7.86. The predicted octanol–water partition coefficient (Wildman–Crippen LogP) is 8.99. The van der Waals surface area contributed by atoms with Crippen LogP contribution in [0.15, 0.2) is 48.5 Å². The maximum absolute atomic E-state index is 14.9. The summed E-state index contributed by atoms with van der Waals surface area (Å²) in [6.45, 7) is 10.8. The number of carboxylic acids is 1. The van der Waals surface area contributed by atoms with Crippen molar-refractivity contribution in [1.82, 2.24) is 19.3 Å². The number of benzene rings is 3. The number of aromatic carboxylic acids is 1. The molecule has 0 saturated carbocycles. The van der Waals surface area contributed by atoms with Crippen molar-refractivity contribution in [1.29, 1.82) is 0 Å². The van der Waals surface area contributed by atoms with Crippen LogP contribution in [0.4, 0.5) is 5.69 Å². The third-order valence-corrected chi connectivity index (χ3v) is 10.7. The minimum atomic E-state index is -1.02. The Bertz CT molecular complexity index is 2290. The van der Waals surface area contributed by atoms with Gasteiger partial charge < -0.3 is 23.9 Å². The Kier molecular flexibility index (Phi) is 8.24. The first kappa shape index (κ1) is 32.8. The van der Waals surface area contributed by atoms with Gasteiger partial charge in [-0.1, -0.05) is 35.3 Å². The lowest BCUT2D eigenvalue weighted by molar-refractivity contribution is 0.0687. The fourth-order valence-electron chi connectivity index (χ4n) is 7.51. The van der Waals surface area contributed by atoms with E-state index < -0.39 is 5.97 Å². The van der Waals surface area contributed by atoms with E-state index in [1.807, 2.05) is 70.2 Å². The molecule has 0 spiro atoms. The summed E-state index contributed by atoms with van der Waals surface area (Å²) < 4.78 is 9.98. The number of fused-ring (bicyclic) bond motifs is 4. The molecule has 0 radical (unpaired) electrons. The van der Waals surface area contributed by atoms with Crippen molar-refractivity contribution in [3.63, 3.8) is 0 Å². The molecular formula is C38H37Cl2N5O4. The summed E-state index contributed by atoms with van der Waals surface area (Å²) in [5.41, 5.74) is 9.42. The number of H-pyrrole nitrogens is 1. The van der Waals surface area contributed by atoms with Gasteiger partial charge in [0.25, 0.3) is 5.91 Å². The smallest absolute Gasteiger partial charge is 0.352 e. The maximum atomic E-state index is 14.9. The van der Waals surface area contributed by atoms with Crippen molar-refractivity contribution >= 4 is 62.6 Å². The zero-order valence-corrected chi connectivity index (χ0v) is 29.8. The van der Waals surface area contributed by atoms with Crippen LogP contribution in [0.5, 0.6) is 5.75 Å². The number of carboxylic acid groups (broad SMARTS) is 1. The molecule has 252 valence electrons. The molecule has 1 atom stereocenters. The van der Waals surface area contributed by atoms with E-state index in [-0.39, 0.29) is 17.6 Å². The molecule has 4 heterocycles. The number of carbonyl (C=O) groups excluding carboxylic acids is 1. The summed E-state index contributed by atoms with van der Waals surface area (Å²) in [5.74, 6) is -0.411. The van der Waals surface area contributed by atoms with Gasteiger partial charge in [-0.3, -0.25) is 9.89 Å². The number of nitrogens with one attached hydrogen (secondary N) is 1. The van der Waals surface area contributed by atoms with Crippen LogP contribution in [0.3, 0.4) is 0 Å². The molecule has 0 bridgehead atoms. The number of ether oxygens (including phenoxy) is 1. The molecule has 3 aromatic heterocycles. The van der Waals surface area contributed by atoms with Crippen molar-refractivity contribution < 1.29 is 19.4 Å². The van der Waals surface area contributed by atoms with Crippen LogP contribution < -0.4 is 9.64 Å². The third-order valence-electron chi connectivity index (χ3n) is 9.76. The number of aromatic amines is 1. The first-order chi connectivity index (χ1) is 23.4. The summed E-state index contributed by atoms with van der Waals surface area (Å²) in [7, 11) is 1.73. The van der Waals surface area contributed by atoms with Crippen LogP contribution in [-0.2, 0) is 13.5 Å². The second-order valence-electron chi connectivity index (χ2n) is 13.0. The molecule has 0 fully saturated rings. The number of nitrogens with zero attached hydrogens (tertiary/aromatic N) is 4. The molecule has 1 aliphatic rings. The van der Waals surface area contributed by atoms with E-state index >= 15 is 0 Å². The quantitative estimate of drug-likeness (QED) is 0.155. The highest BCUT2D eigenvalue weighted by Crippen LogP contribution is 2.45. The minimum absolute atomic E-state index is 0.136. The van der Waals surface area contributed by atoms with E-state index in [1.54, 1.807) is 22.6 Å². The highest BCUT2D eigenvalue weighted by molar-refractivity contribution is 6.35. The Balaban J connectivity index is 1.37. The minimum Gasteiger partial charge on any atom is -0.494 e. The van der Waals surface area contributed by atoms with Gasteiger partial charge in [0.2, 0.25) is 0 Å². The predicted molar refractivity (Wildman–Crippen MR) is 195 cm³/mol. The fraction of sp³-hybridized carbons (Fsp3) is 0.289. The highest BCUT2D eigenvalue weighted by Gasteiger charge is 2.37. The second kappa shape index (κ2) is 12.3. The first-order valence-corrected chi connectivity index (χ1v) is 17.0. The number of amides is 1. The maximum Gasteiger partial charge on any atom is 0.352 e. The SMILES string of the molecule is Cc1cc(OCCCc2c3n(c4c(-c5c(C)n[nH]c5C)c(Cl)ccc24)[C@H](C)CN(c2cccc4c2cc(C(=O)O)n4C)C3=O)cc(C)c1Cl. The van der Waals surface area contributed by atoms with E-state index in [0.717, 1.165) is 66.4 Å². The lowest BCUT2D eigenvalue weighted by atomic mass is 9.98. The molecule has 0 aliphatic carbocycles. The molecule has 49 heavy (non-hydrogen) atoms. The van der Waals surface area contributed by atoms with Crippen molar-refractivity contribution in [2.45, 2.75) is 53.5 Å². The van der Waals surface area contributed by atoms with Gasteiger partial charge in [0, 0.05) is 52.3 Å². The Labute approximate surface area is 294 Å². The number of hydrogen-bond donors (Lipinski definition) is 2. The van der Waals surface area contributed by atoms with Crippen LogP contribution >= 0.6 is 23.2 Å². The molecular weight excluding hydrogens is 661 g/mol. The third kappa shape index (κ3) is 5.27. The van der Waals surface area contributed by atoms with Crippen LogP contribution in [0.25, 0.3) is 32.9 Å². The van der Waals surface area contributed by atoms with Gasteiger partial charge in [0.1, 0.15) is 17.1 Å². The molecule has 1 amide bonds. The summed E-state index contributed by atoms with van der Waals surface area (Å²) in [5, 5.41) is 20.4. The Morgan fingerprint density at radius 3 is 2.45 bits per heavy atom. The van der Waals surface area contributed by atoms with Crippen molar-refractivity contribution in [2.24, 2.45) is 7.05 Å². The number of anilines is 1. The molecule has 1 aliphatic heterocycles. The lowest BCUT2D eigenvalue weighted by Gasteiger charge is -2.34. The molecule has 6 aromatic rings. The normalized spacial score (nSPS) is 14.7. The van der Waals surface area contributed by atoms with Crippen molar-refractivity contribution in [3.05, 3.63) is 98.0 Å². The Hall–Kier alpha value is -4.73. The molecule has 9 nitrogen and oxygen atoms in total. The number of aryl methyl sites for hydroxylation is 6. The molecule has 2 N–H and O–H groups in total. The van der Waals surface area contributed by atoms with Crippen LogP contribution in [0.2, 0.25) is 10.0 Å². The average molecular weight is 699 g/mol. The summed E-state index contributed by atoms with van der Waals surface area (Å²) in [6, 6.07) is 14.9.